The fourth-order valence-electron chi connectivity index (χ4n) is 6.00. The van der Waals surface area contributed by atoms with Crippen LogP contribution < -0.4 is 5.84 Å². The highest BCUT2D eigenvalue weighted by Crippen LogP contribution is 2.37. The van der Waals surface area contributed by atoms with Crippen LogP contribution >= 0.6 is 0 Å². The van der Waals surface area contributed by atoms with Crippen molar-refractivity contribution in [1.82, 2.24) is 39.1 Å². The normalized spacial score (nSPS) is 12.0. The zero-order chi connectivity index (χ0) is 27.9. The van der Waals surface area contributed by atoms with E-state index in [-0.39, 0.29) is 0 Å². The quantitative estimate of drug-likeness (QED) is 0.231. The van der Waals surface area contributed by atoms with Crippen molar-refractivity contribution in [2.24, 2.45) is 7.05 Å². The van der Waals surface area contributed by atoms with Gasteiger partial charge in [0.2, 0.25) is 0 Å². The number of benzene rings is 4. The lowest BCUT2D eigenvalue weighted by molar-refractivity contribution is 0.966. The van der Waals surface area contributed by atoms with E-state index in [1.807, 2.05) is 96.5 Å². The first-order valence-corrected chi connectivity index (χ1v) is 13.6. The second kappa shape index (κ2) is 8.28. The Hall–Kier alpha value is -5.96. The van der Waals surface area contributed by atoms with Crippen molar-refractivity contribution >= 4 is 44.1 Å². The van der Waals surface area contributed by atoms with Crippen LogP contribution in [0.1, 0.15) is 0 Å². The number of aromatic nitrogens is 8. The molecule has 2 N–H and O–H groups in total. The molecule has 4 aromatic carbocycles. The van der Waals surface area contributed by atoms with Crippen LogP contribution in [0.3, 0.4) is 0 Å². The first kappa shape index (κ1) is 22.8. The van der Waals surface area contributed by atoms with Crippen molar-refractivity contribution in [3.8, 4) is 45.6 Å². The molecule has 2 aliphatic rings. The summed E-state index contributed by atoms with van der Waals surface area (Å²) in [6.45, 7) is 0. The van der Waals surface area contributed by atoms with Crippen molar-refractivity contribution in [2.75, 3.05) is 5.84 Å². The first-order valence-electron chi connectivity index (χ1n) is 13.6. The largest absolute Gasteiger partial charge is 0.336 e. The minimum atomic E-state index is 0.542. The maximum atomic E-state index is 6.76. The van der Waals surface area contributed by atoms with Crippen LogP contribution in [0.15, 0.2) is 97.1 Å². The Morgan fingerprint density at radius 2 is 0.690 bits per heavy atom. The molecule has 198 valence electrons. The van der Waals surface area contributed by atoms with Gasteiger partial charge in [-0.25, -0.2) is 34.6 Å². The molecule has 9 heteroatoms. The van der Waals surface area contributed by atoms with Gasteiger partial charge < -0.3 is 10.4 Å². The number of nitrogen functional groups attached to an aromatic ring is 1. The molecule has 0 atom stereocenters. The van der Waals surface area contributed by atoms with E-state index in [1.54, 1.807) is 0 Å². The number of nitrogens with zero attached hydrogens (tertiary/aromatic N) is 8. The van der Waals surface area contributed by atoms with Gasteiger partial charge in [0.1, 0.15) is 11.3 Å². The SMILES string of the molecule is Cn1c2nc3nc(nc4c5ccccc5c(nc5nc(nc1c1ccccc12)-c1ccccc1-5)n4N)-c1ccccc1-3. The average molecular weight is 544 g/mol. The van der Waals surface area contributed by atoms with E-state index in [0.717, 1.165) is 55.1 Å². The van der Waals surface area contributed by atoms with Gasteiger partial charge in [0.15, 0.2) is 34.6 Å². The molecule has 42 heavy (non-hydrogen) atoms. The maximum Gasteiger partial charge on any atom is 0.164 e. The van der Waals surface area contributed by atoms with Gasteiger partial charge in [-0.05, 0) is 0 Å². The molecular formula is C33H21N9. The molecule has 8 bridgehead atoms. The third-order valence-electron chi connectivity index (χ3n) is 8.00. The van der Waals surface area contributed by atoms with Gasteiger partial charge in [-0.3, -0.25) is 0 Å². The van der Waals surface area contributed by atoms with Crippen LogP contribution in [0.5, 0.6) is 0 Å². The van der Waals surface area contributed by atoms with Gasteiger partial charge in [0.05, 0.1) is 0 Å². The van der Waals surface area contributed by atoms with E-state index in [0.29, 0.717) is 34.6 Å². The number of rotatable bonds is 0. The zero-order valence-electron chi connectivity index (χ0n) is 22.4. The molecule has 0 unspecified atom stereocenters. The molecule has 2 aliphatic heterocycles. The van der Waals surface area contributed by atoms with Crippen molar-refractivity contribution in [1.29, 1.82) is 0 Å². The Morgan fingerprint density at radius 1 is 0.405 bits per heavy atom. The van der Waals surface area contributed by atoms with Gasteiger partial charge in [0.25, 0.3) is 0 Å². The smallest absolute Gasteiger partial charge is 0.164 e. The predicted octanol–water partition coefficient (Wildman–Crippen LogP) is 6.07. The highest BCUT2D eigenvalue weighted by molar-refractivity contribution is 6.07. The third kappa shape index (κ3) is 3.07. The van der Waals surface area contributed by atoms with E-state index in [4.69, 9.17) is 35.7 Å². The number of nitrogens with two attached hydrogens (primary N) is 1. The predicted molar refractivity (Wildman–Crippen MR) is 164 cm³/mol. The summed E-state index contributed by atoms with van der Waals surface area (Å²) in [5.74, 6) is 9.00. The molecule has 0 spiro atoms. The van der Waals surface area contributed by atoms with Gasteiger partial charge in [-0.15, -0.1) is 0 Å². The maximum absolute atomic E-state index is 6.76. The fourth-order valence-corrected chi connectivity index (χ4v) is 6.00. The van der Waals surface area contributed by atoms with Gasteiger partial charge in [-0.1, -0.05) is 97.1 Å². The van der Waals surface area contributed by atoms with E-state index in [2.05, 4.69) is 12.1 Å². The Labute approximate surface area is 238 Å². The summed E-state index contributed by atoms with van der Waals surface area (Å²) in [4.78, 5) is 30.2. The van der Waals surface area contributed by atoms with Crippen molar-refractivity contribution in [2.45, 2.75) is 0 Å². The van der Waals surface area contributed by atoms with Gasteiger partial charge >= 0.3 is 0 Å². The highest BCUT2D eigenvalue weighted by Gasteiger charge is 2.23. The average Bonchev–Trinajstić information content (AvgIpc) is 3.71. The molecule has 7 aromatic rings. The summed E-state index contributed by atoms with van der Waals surface area (Å²) in [7, 11) is 1.97. The van der Waals surface area contributed by atoms with Crippen LogP contribution in [0.25, 0.3) is 89.7 Å². The lowest BCUT2D eigenvalue weighted by Crippen LogP contribution is -2.09. The Balaban J connectivity index is 1.55. The Bertz CT molecular complexity index is 2120. The molecule has 3 aromatic heterocycles. The molecular weight excluding hydrogens is 522 g/mol. The Kier molecular flexibility index (Phi) is 4.50. The Morgan fingerprint density at radius 3 is 1.05 bits per heavy atom. The zero-order valence-corrected chi connectivity index (χ0v) is 22.4. The number of hydrogen-bond acceptors (Lipinski definition) is 7. The van der Waals surface area contributed by atoms with Crippen LogP contribution in [0.4, 0.5) is 0 Å². The van der Waals surface area contributed by atoms with Crippen LogP contribution in [0.2, 0.25) is 0 Å². The molecule has 0 saturated carbocycles. The van der Waals surface area contributed by atoms with Gasteiger partial charge in [0, 0.05) is 50.8 Å². The third-order valence-corrected chi connectivity index (χ3v) is 8.00. The molecule has 0 fully saturated rings. The molecule has 0 radical (unpaired) electrons. The first-order chi connectivity index (χ1) is 20.7. The standard InChI is InChI=1S/C33H21N9/c1-41-30-22-14-6-7-15-23(22)31(41)38-27-19-11-3-5-13-21(19)29(36-27)40-33-25-17-9-8-16-24(25)32(42(33)34)39-28-20-12-4-2-10-18(20)26(35-28)37-30/h2-17H,34H2,1H3. The van der Waals surface area contributed by atoms with Crippen LogP contribution in [-0.4, -0.2) is 39.1 Å². The minimum Gasteiger partial charge on any atom is -0.336 e. The molecule has 0 amide bonds. The topological polar surface area (TPSA) is 113 Å². The summed E-state index contributed by atoms with van der Waals surface area (Å²) < 4.78 is 3.52. The molecule has 0 saturated heterocycles. The lowest BCUT2D eigenvalue weighted by Gasteiger charge is -1.99. The minimum absolute atomic E-state index is 0.542. The van der Waals surface area contributed by atoms with Crippen molar-refractivity contribution in [3.05, 3.63) is 97.1 Å². The van der Waals surface area contributed by atoms with E-state index in [9.17, 15) is 0 Å². The molecule has 9 rings (SSSR count). The second-order valence-electron chi connectivity index (χ2n) is 10.4. The van der Waals surface area contributed by atoms with Crippen LogP contribution in [0, 0.1) is 0 Å². The highest BCUT2D eigenvalue weighted by atomic mass is 15.3. The summed E-state index contributed by atoms with van der Waals surface area (Å²) in [6, 6.07) is 32.1. The molecule has 9 nitrogen and oxygen atoms in total. The van der Waals surface area contributed by atoms with Crippen molar-refractivity contribution in [3.63, 3.8) is 0 Å². The number of fused-ring (bicyclic) bond motifs is 20. The summed E-state index contributed by atoms with van der Waals surface area (Å²) in [5, 5.41) is 3.68. The number of hydrogen-bond donors (Lipinski definition) is 1. The van der Waals surface area contributed by atoms with Crippen LogP contribution in [-0.2, 0) is 7.05 Å². The second-order valence-corrected chi connectivity index (χ2v) is 10.4. The summed E-state index contributed by atoms with van der Waals surface area (Å²) in [5.41, 5.74) is 6.20. The van der Waals surface area contributed by atoms with Crippen molar-refractivity contribution < 1.29 is 0 Å². The van der Waals surface area contributed by atoms with E-state index >= 15 is 0 Å². The van der Waals surface area contributed by atoms with E-state index < -0.39 is 0 Å². The fraction of sp³-hybridized carbons (Fsp3) is 0.0303. The van der Waals surface area contributed by atoms with E-state index in [1.165, 1.54) is 4.68 Å². The monoisotopic (exact) mass is 543 g/mol. The molecule has 5 heterocycles. The summed E-state index contributed by atoms with van der Waals surface area (Å²) in [6.07, 6.45) is 0. The van der Waals surface area contributed by atoms with Gasteiger partial charge in [-0.2, -0.15) is 0 Å². The molecule has 0 aliphatic carbocycles. The lowest BCUT2D eigenvalue weighted by atomic mass is 10.1. The summed E-state index contributed by atoms with van der Waals surface area (Å²) >= 11 is 0. The number of aryl methyl sites for hydroxylation is 1.